The van der Waals surface area contributed by atoms with Gasteiger partial charge in [0.05, 0.1) is 6.04 Å². The molecule has 4 heteroatoms. The number of nitrogens with two attached hydrogens (primary N) is 1. The van der Waals surface area contributed by atoms with E-state index < -0.39 is 0 Å². The van der Waals surface area contributed by atoms with E-state index in [-0.39, 0.29) is 18.0 Å². The van der Waals surface area contributed by atoms with Gasteiger partial charge in [0.15, 0.2) is 0 Å². The fourth-order valence-electron chi connectivity index (χ4n) is 1.54. The van der Waals surface area contributed by atoms with Gasteiger partial charge >= 0.3 is 0 Å². The highest BCUT2D eigenvalue weighted by Crippen LogP contribution is 2.17. The Morgan fingerprint density at radius 2 is 2.24 bits per heavy atom. The molecule has 0 spiro atoms. The number of amides is 1. The van der Waals surface area contributed by atoms with Gasteiger partial charge in [0.1, 0.15) is 0 Å². The van der Waals surface area contributed by atoms with Crippen molar-refractivity contribution in [3.05, 3.63) is 34.3 Å². The molecule has 0 heterocycles. The van der Waals surface area contributed by atoms with Crippen molar-refractivity contribution in [2.45, 2.75) is 38.8 Å². The fourth-order valence-corrected chi connectivity index (χ4v) is 1.96. The van der Waals surface area contributed by atoms with Gasteiger partial charge in [0, 0.05) is 16.9 Å². The summed E-state index contributed by atoms with van der Waals surface area (Å²) in [5.74, 6) is 0.00632. The first-order chi connectivity index (χ1) is 8.02. The standard InChI is InChI=1S/C13H19BrN2O/c1-3-12(15)8-13(17)16-9(2)10-5-4-6-11(14)7-10/h4-7,9,12H,3,8,15H2,1-2H3,(H,16,17). The highest BCUT2D eigenvalue weighted by Gasteiger charge is 2.12. The second-order valence-corrected chi connectivity index (χ2v) is 5.13. The second kappa shape index (κ2) is 6.77. The molecule has 3 nitrogen and oxygen atoms in total. The maximum absolute atomic E-state index is 11.7. The number of nitrogens with one attached hydrogen (secondary N) is 1. The van der Waals surface area contributed by atoms with Gasteiger partial charge in [-0.1, -0.05) is 35.0 Å². The van der Waals surface area contributed by atoms with Crippen LogP contribution in [0.15, 0.2) is 28.7 Å². The van der Waals surface area contributed by atoms with Gasteiger partial charge in [-0.2, -0.15) is 0 Å². The van der Waals surface area contributed by atoms with Gasteiger partial charge in [-0.15, -0.1) is 0 Å². The third-order valence-electron chi connectivity index (χ3n) is 2.70. The quantitative estimate of drug-likeness (QED) is 0.878. The number of halogens is 1. The number of carbonyl (C=O) groups excluding carboxylic acids is 1. The van der Waals surface area contributed by atoms with E-state index in [2.05, 4.69) is 21.2 Å². The van der Waals surface area contributed by atoms with Crippen LogP contribution in [0, 0.1) is 0 Å². The van der Waals surface area contributed by atoms with Crippen LogP contribution in [-0.4, -0.2) is 11.9 Å². The molecule has 0 aliphatic heterocycles. The Kier molecular flexibility index (Phi) is 5.65. The van der Waals surface area contributed by atoms with Gasteiger partial charge in [-0.25, -0.2) is 0 Å². The first-order valence-electron chi connectivity index (χ1n) is 5.83. The van der Waals surface area contributed by atoms with E-state index in [4.69, 9.17) is 5.73 Å². The van der Waals surface area contributed by atoms with Crippen LogP contribution in [-0.2, 0) is 4.79 Å². The summed E-state index contributed by atoms with van der Waals surface area (Å²) in [6, 6.07) is 7.87. The van der Waals surface area contributed by atoms with E-state index in [0.29, 0.717) is 6.42 Å². The van der Waals surface area contributed by atoms with Crippen LogP contribution in [0.4, 0.5) is 0 Å². The summed E-state index contributed by atoms with van der Waals surface area (Å²) >= 11 is 3.42. The molecule has 0 saturated carbocycles. The van der Waals surface area contributed by atoms with Gasteiger partial charge in [-0.3, -0.25) is 4.79 Å². The number of benzene rings is 1. The van der Waals surface area contributed by atoms with Crippen molar-refractivity contribution in [3.63, 3.8) is 0 Å². The monoisotopic (exact) mass is 298 g/mol. The van der Waals surface area contributed by atoms with E-state index in [9.17, 15) is 4.79 Å². The molecule has 0 aromatic heterocycles. The molecule has 1 aromatic rings. The summed E-state index contributed by atoms with van der Waals surface area (Å²) in [6.45, 7) is 3.95. The van der Waals surface area contributed by atoms with Crippen LogP contribution in [0.3, 0.4) is 0 Å². The van der Waals surface area contributed by atoms with E-state index >= 15 is 0 Å². The molecule has 0 fully saturated rings. The lowest BCUT2D eigenvalue weighted by Gasteiger charge is -2.16. The number of hydrogen-bond acceptors (Lipinski definition) is 2. The van der Waals surface area contributed by atoms with Gasteiger partial charge < -0.3 is 11.1 Å². The molecule has 2 unspecified atom stereocenters. The minimum absolute atomic E-state index is 0.00376. The Bertz CT molecular complexity index is 381. The average molecular weight is 299 g/mol. The van der Waals surface area contributed by atoms with Crippen molar-refractivity contribution >= 4 is 21.8 Å². The van der Waals surface area contributed by atoms with Crippen molar-refractivity contribution in [3.8, 4) is 0 Å². The number of carbonyl (C=O) groups is 1. The summed E-state index contributed by atoms with van der Waals surface area (Å²) in [7, 11) is 0. The molecule has 2 atom stereocenters. The van der Waals surface area contributed by atoms with Crippen molar-refractivity contribution < 1.29 is 4.79 Å². The average Bonchev–Trinajstić information content (AvgIpc) is 2.28. The molecule has 1 amide bonds. The molecule has 0 saturated heterocycles. The normalized spacial score (nSPS) is 14.1. The summed E-state index contributed by atoms with van der Waals surface area (Å²) in [6.07, 6.45) is 1.20. The van der Waals surface area contributed by atoms with Crippen molar-refractivity contribution in [1.29, 1.82) is 0 Å². The lowest BCUT2D eigenvalue weighted by atomic mass is 10.1. The predicted molar refractivity (Wildman–Crippen MR) is 73.6 cm³/mol. The second-order valence-electron chi connectivity index (χ2n) is 4.22. The summed E-state index contributed by atoms with van der Waals surface area (Å²) in [5.41, 5.74) is 6.83. The number of hydrogen-bond donors (Lipinski definition) is 2. The lowest BCUT2D eigenvalue weighted by molar-refractivity contribution is -0.122. The highest BCUT2D eigenvalue weighted by molar-refractivity contribution is 9.10. The highest BCUT2D eigenvalue weighted by atomic mass is 79.9. The van der Waals surface area contributed by atoms with Crippen LogP contribution in [0.5, 0.6) is 0 Å². The fraction of sp³-hybridized carbons (Fsp3) is 0.462. The summed E-state index contributed by atoms with van der Waals surface area (Å²) in [4.78, 5) is 11.7. The molecule has 3 N–H and O–H groups in total. The first-order valence-corrected chi connectivity index (χ1v) is 6.62. The first kappa shape index (κ1) is 14.2. The van der Waals surface area contributed by atoms with E-state index in [1.54, 1.807) is 0 Å². The number of rotatable bonds is 5. The van der Waals surface area contributed by atoms with Crippen LogP contribution in [0.25, 0.3) is 0 Å². The zero-order valence-corrected chi connectivity index (χ0v) is 11.8. The summed E-state index contributed by atoms with van der Waals surface area (Å²) in [5, 5.41) is 2.95. The minimum Gasteiger partial charge on any atom is -0.350 e. The van der Waals surface area contributed by atoms with E-state index in [1.165, 1.54) is 0 Å². The van der Waals surface area contributed by atoms with Gasteiger partial charge in [0.2, 0.25) is 5.91 Å². The summed E-state index contributed by atoms with van der Waals surface area (Å²) < 4.78 is 1.02. The van der Waals surface area contributed by atoms with Crippen molar-refractivity contribution in [2.24, 2.45) is 5.73 Å². The minimum atomic E-state index is -0.0512. The Balaban J connectivity index is 2.54. The Morgan fingerprint density at radius 3 is 2.82 bits per heavy atom. The third kappa shape index (κ3) is 4.88. The molecule has 0 bridgehead atoms. The van der Waals surface area contributed by atoms with Crippen LogP contribution < -0.4 is 11.1 Å². The Labute approximate surface area is 111 Å². The third-order valence-corrected chi connectivity index (χ3v) is 3.19. The van der Waals surface area contributed by atoms with Gasteiger partial charge in [0.25, 0.3) is 0 Å². The van der Waals surface area contributed by atoms with E-state index in [0.717, 1.165) is 16.5 Å². The molecular weight excluding hydrogens is 280 g/mol. The van der Waals surface area contributed by atoms with Crippen LogP contribution >= 0.6 is 15.9 Å². The Morgan fingerprint density at radius 1 is 1.53 bits per heavy atom. The zero-order chi connectivity index (χ0) is 12.8. The van der Waals surface area contributed by atoms with Crippen LogP contribution in [0.2, 0.25) is 0 Å². The van der Waals surface area contributed by atoms with Crippen LogP contribution in [0.1, 0.15) is 38.3 Å². The Hall–Kier alpha value is -0.870. The van der Waals surface area contributed by atoms with Crippen molar-refractivity contribution in [1.82, 2.24) is 5.32 Å². The SMILES string of the molecule is CCC(N)CC(=O)NC(C)c1cccc(Br)c1. The largest absolute Gasteiger partial charge is 0.350 e. The molecule has 0 radical (unpaired) electrons. The smallest absolute Gasteiger partial charge is 0.222 e. The molecular formula is C13H19BrN2O. The lowest BCUT2D eigenvalue weighted by Crippen LogP contribution is -2.32. The molecule has 94 valence electrons. The van der Waals surface area contributed by atoms with E-state index in [1.807, 2.05) is 38.1 Å². The zero-order valence-electron chi connectivity index (χ0n) is 10.2. The molecule has 17 heavy (non-hydrogen) atoms. The molecule has 1 aromatic carbocycles. The maximum atomic E-state index is 11.7. The van der Waals surface area contributed by atoms with Crippen molar-refractivity contribution in [2.75, 3.05) is 0 Å². The van der Waals surface area contributed by atoms with Gasteiger partial charge in [-0.05, 0) is 31.0 Å². The molecule has 1 rings (SSSR count). The predicted octanol–water partition coefficient (Wildman–Crippen LogP) is 2.75. The molecule has 0 aliphatic carbocycles. The molecule has 0 aliphatic rings. The topological polar surface area (TPSA) is 55.1 Å². The maximum Gasteiger partial charge on any atom is 0.222 e.